The summed E-state index contributed by atoms with van der Waals surface area (Å²) in [5, 5.41) is 28.1. The lowest BCUT2D eigenvalue weighted by Crippen LogP contribution is -2.37. The monoisotopic (exact) mass is 2040 g/mol. The first-order chi connectivity index (χ1) is 64.7. The van der Waals surface area contributed by atoms with Gasteiger partial charge in [0.2, 0.25) is 50.7 Å². The Bertz CT molecular complexity index is 6150. The number of nitrogens with zero attached hydrogens (tertiary/aromatic N) is 20. The van der Waals surface area contributed by atoms with Gasteiger partial charge in [-0.2, -0.15) is 4.98 Å². The van der Waals surface area contributed by atoms with E-state index < -0.39 is 24.2 Å². The zero-order valence-electron chi connectivity index (χ0n) is 73.3. The maximum atomic E-state index is 12.6. The molecule has 4 amide bonds. The molecule has 0 saturated heterocycles. The number of anilines is 4. The van der Waals surface area contributed by atoms with Crippen molar-refractivity contribution in [3.63, 3.8) is 0 Å². The highest BCUT2D eigenvalue weighted by Gasteiger charge is 2.21. The number of nitrogens with one attached hydrogen (secondary N) is 9. The Labute approximate surface area is 831 Å². The number of amides is 4. The summed E-state index contributed by atoms with van der Waals surface area (Å²) in [6, 6.07) is 43.1. The van der Waals surface area contributed by atoms with Crippen molar-refractivity contribution in [3.8, 4) is 57.6 Å². The first kappa shape index (κ1) is 104. The molecule has 1 aliphatic rings. The number of halogens is 11. The zero-order chi connectivity index (χ0) is 97.0. The summed E-state index contributed by atoms with van der Waals surface area (Å²) in [5.41, 5.74) is 13.2. The predicted octanol–water partition coefficient (Wildman–Crippen LogP) is 18.1. The van der Waals surface area contributed by atoms with Gasteiger partial charge in [0.15, 0.2) is 29.1 Å². The Balaban J connectivity index is 0.000000171. The lowest BCUT2D eigenvalue weighted by Gasteiger charge is -2.16. The smallest absolute Gasteiger partial charge is 0.242 e. The number of hydrogen-bond acceptors (Lipinski definition) is 25. The number of aryl methyl sites for hydroxylation is 4. The van der Waals surface area contributed by atoms with Crippen LogP contribution in [0.2, 0.25) is 56.6 Å². The van der Waals surface area contributed by atoms with Crippen LogP contribution < -0.4 is 48.3 Å². The van der Waals surface area contributed by atoms with E-state index in [1.165, 1.54) is 0 Å². The normalized spacial score (nSPS) is 11.8. The Kier molecular flexibility index (Phi) is 40.7. The fourth-order valence-electron chi connectivity index (χ4n) is 11.6. The minimum atomic E-state index is -0.535. The van der Waals surface area contributed by atoms with Crippen LogP contribution >= 0.6 is 128 Å². The molecule has 0 saturated carbocycles. The van der Waals surface area contributed by atoms with Crippen molar-refractivity contribution in [1.82, 2.24) is 119 Å². The average molecular weight is 2040 g/mol. The number of hydrogen-bond donors (Lipinski definition) is 10. The first-order valence-corrected chi connectivity index (χ1v) is 45.0. The molecule has 0 unspecified atom stereocenters. The molecule has 0 aliphatic carbocycles. The molecule has 15 aromatic rings. The molecule has 0 fully saturated rings. The molecule has 10 aromatic heterocycles. The standard InChI is InChI=1S/C24H23Cl2N7O.2C18H18Cl2N6O.C10H13ClN2O.2C8H6Cl2N4.C4H5N/c1-15(23(34)29-13-16-5-7-18(25)8-6-16)31-21-12-20(22-27-9-10-28-22)32-24(33-21)30-14-17-3-2-4-19(26)11-17;2*1-11(17(27)22-10-12-3-5-13(19)6-4-12)23-15-9-14(24-18(20)25-15)16-21-7-8-26(16)2;1-7(12)10(14)13-6-8-2-4-9(11)5-3-8;2*1-14-3-2-11-7(14)5-4-6(9)13-8(10)12-5;1-2-4-5-3-1/h2-12,15H,13-14H2,1H3,(H,27,28)(H,29,34)(H2,30,31,32,33);2*3-9,11H,10H2,1-2H3,(H,22,27)(H,23,24,25);2-5,7H,6,12H2,1H3,(H,13,14);2*2-4H,1H3;1,3-4H,2H2/t15-;2*11-;7-;;;/m1111.../s1. The molecule has 1 aliphatic heterocycles. The molecular weight excluding hydrogens is 1960 g/mol. The van der Waals surface area contributed by atoms with E-state index >= 15 is 0 Å². The van der Waals surface area contributed by atoms with Crippen LogP contribution in [0.3, 0.4) is 0 Å². The van der Waals surface area contributed by atoms with Gasteiger partial charge in [-0.05, 0) is 163 Å². The van der Waals surface area contributed by atoms with Gasteiger partial charge in [-0.15, -0.1) is 0 Å². The summed E-state index contributed by atoms with van der Waals surface area (Å²) in [5.74, 6) is 4.43. The van der Waals surface area contributed by atoms with Crippen LogP contribution in [0, 0.1) is 0 Å². The Morgan fingerprint density at radius 3 is 1.02 bits per heavy atom. The van der Waals surface area contributed by atoms with Crippen LogP contribution in [-0.4, -0.2) is 152 Å². The van der Waals surface area contributed by atoms with E-state index in [4.69, 9.17) is 133 Å². The van der Waals surface area contributed by atoms with Crippen LogP contribution in [0.1, 0.15) is 61.9 Å². The summed E-state index contributed by atoms with van der Waals surface area (Å²) in [4.78, 5) is 118. The van der Waals surface area contributed by atoms with E-state index in [0.717, 1.165) is 34.2 Å². The molecule has 11 heterocycles. The number of carbonyl (C=O) groups excluding carboxylic acids is 4. The number of H-pyrrole nitrogens is 1. The summed E-state index contributed by atoms with van der Waals surface area (Å²) < 4.78 is 7.30. The minimum absolute atomic E-state index is 0.0757. The molecule has 0 bridgehead atoms. The number of nitrogens with two attached hydrogens (primary N) is 1. The van der Waals surface area contributed by atoms with E-state index in [2.05, 4.69) is 127 Å². The Morgan fingerprint density at radius 2 is 0.719 bits per heavy atom. The second-order valence-electron chi connectivity index (χ2n) is 29.1. The Hall–Kier alpha value is -12.8. The fraction of sp³-hybridized carbons (Fsp3) is 0.200. The van der Waals surface area contributed by atoms with Crippen LogP contribution in [0.5, 0.6) is 0 Å². The quantitative estimate of drug-likeness (QED) is 0.0178. The third kappa shape index (κ3) is 34.9. The summed E-state index contributed by atoms with van der Waals surface area (Å²) in [6.45, 7) is 9.09. The Morgan fingerprint density at radius 1 is 0.370 bits per heavy atom. The molecule has 4 atom stereocenters. The molecule has 700 valence electrons. The number of benzene rings is 5. The van der Waals surface area contributed by atoms with Crippen molar-refractivity contribution >= 4 is 181 Å². The van der Waals surface area contributed by atoms with Gasteiger partial charge in [0.1, 0.15) is 74.4 Å². The number of allylic oxidation sites excluding steroid dienone is 1. The van der Waals surface area contributed by atoms with Crippen molar-refractivity contribution in [2.24, 2.45) is 38.9 Å². The topological polar surface area (TPSA) is 432 Å². The van der Waals surface area contributed by atoms with Crippen LogP contribution in [0.4, 0.5) is 23.4 Å². The number of aromatic amines is 1. The van der Waals surface area contributed by atoms with Crippen molar-refractivity contribution in [3.05, 3.63) is 310 Å². The molecule has 5 aromatic carbocycles. The number of rotatable bonds is 26. The second-order valence-corrected chi connectivity index (χ2v) is 33.4. The highest BCUT2D eigenvalue weighted by atomic mass is 35.5. The zero-order valence-corrected chi connectivity index (χ0v) is 81.6. The number of aromatic nitrogens is 20. The predicted molar refractivity (Wildman–Crippen MR) is 534 cm³/mol. The fourth-order valence-corrected chi connectivity index (χ4v) is 13.5. The molecule has 34 nitrogen and oxygen atoms in total. The summed E-state index contributed by atoms with van der Waals surface area (Å²) in [6.07, 6.45) is 24.1. The van der Waals surface area contributed by atoms with Gasteiger partial charge in [-0.25, -0.2) is 69.8 Å². The lowest BCUT2D eigenvalue weighted by molar-refractivity contribution is -0.122. The molecule has 0 spiro atoms. The van der Waals surface area contributed by atoms with Gasteiger partial charge < -0.3 is 71.5 Å². The highest BCUT2D eigenvalue weighted by Crippen LogP contribution is 2.27. The number of imidazole rings is 5. The van der Waals surface area contributed by atoms with E-state index in [9.17, 15) is 19.2 Å². The summed E-state index contributed by atoms with van der Waals surface area (Å²) in [7, 11) is 7.45. The summed E-state index contributed by atoms with van der Waals surface area (Å²) >= 11 is 64.3. The molecule has 11 N–H and O–H groups in total. The first-order valence-electron chi connectivity index (χ1n) is 40.8. The van der Waals surface area contributed by atoms with E-state index in [-0.39, 0.29) is 44.8 Å². The van der Waals surface area contributed by atoms with Gasteiger partial charge in [0.25, 0.3) is 0 Å². The SMILES string of the molecule is C1=CN=CC1.C[C@@H](N)C(=O)NCc1ccc(Cl)cc1.C[C@@H](Nc1cc(-c2ncc[nH]2)nc(NCc2cccc(Cl)c2)n1)C(=O)NCc1ccc(Cl)cc1.C[C@@H](Nc1cc(-c2nccn2C)nc(Cl)n1)C(=O)NCc1ccc(Cl)cc1.C[C@@H](Nc1cc(-c2nccn2C)nc(Cl)n1)C(=O)NCc1ccc(Cl)cc1.Cn1ccnc1-c1cc(Cl)nc(Cl)n1.Cn1ccnc1-c1cc(Cl)nc(Cl)n1. The molecular formula is C90H89Cl11N30O4. The van der Waals surface area contributed by atoms with Gasteiger partial charge in [0, 0.05) is 197 Å². The van der Waals surface area contributed by atoms with Gasteiger partial charge in [0.05, 0.1) is 6.04 Å². The highest BCUT2D eigenvalue weighted by molar-refractivity contribution is 6.33. The second kappa shape index (κ2) is 52.7. The van der Waals surface area contributed by atoms with Gasteiger partial charge >= 0.3 is 0 Å². The maximum Gasteiger partial charge on any atom is 0.242 e. The van der Waals surface area contributed by atoms with E-state index in [1.807, 2.05) is 156 Å². The van der Waals surface area contributed by atoms with Crippen molar-refractivity contribution in [1.29, 1.82) is 0 Å². The number of carbonyl (C=O) groups is 4. The lowest BCUT2D eigenvalue weighted by atomic mass is 10.2. The van der Waals surface area contributed by atoms with Gasteiger partial charge in [-0.3, -0.25) is 24.2 Å². The van der Waals surface area contributed by atoms with Crippen molar-refractivity contribution < 1.29 is 19.2 Å². The largest absolute Gasteiger partial charge is 0.358 e. The van der Waals surface area contributed by atoms with Gasteiger partial charge in [-0.1, -0.05) is 148 Å². The molecule has 16 rings (SSSR count). The minimum Gasteiger partial charge on any atom is -0.358 e. The molecule has 0 radical (unpaired) electrons. The molecule has 135 heavy (non-hydrogen) atoms. The van der Waals surface area contributed by atoms with E-state index in [1.54, 1.807) is 150 Å². The van der Waals surface area contributed by atoms with Crippen LogP contribution in [0.15, 0.2) is 231 Å². The third-order valence-corrected chi connectivity index (χ3v) is 20.8. The third-order valence-electron chi connectivity index (χ3n) is 18.5. The average Bonchev–Trinajstić information content (AvgIpc) is 1.78. The molecule has 45 heteroatoms. The number of aliphatic imine (C=N–C) groups is 1. The maximum absolute atomic E-state index is 12.6. The van der Waals surface area contributed by atoms with Crippen LogP contribution in [-0.2, 0) is 80.1 Å². The van der Waals surface area contributed by atoms with Crippen molar-refractivity contribution in [2.75, 3.05) is 21.3 Å². The van der Waals surface area contributed by atoms with E-state index in [0.29, 0.717) is 149 Å². The van der Waals surface area contributed by atoms with Crippen molar-refractivity contribution in [2.45, 2.75) is 91.0 Å². The van der Waals surface area contributed by atoms with Crippen LogP contribution in [0.25, 0.3) is 57.6 Å².